The number of ether oxygens (including phenoxy) is 1. The predicted molar refractivity (Wildman–Crippen MR) is 389 cm³/mol. The first kappa shape index (κ1) is 55.6. The first-order chi connectivity index (χ1) is 43.8. The molecule has 0 aliphatic carbocycles. The molecular formula is C84H76B2N4O. The zero-order valence-electron chi connectivity index (χ0n) is 54.5. The van der Waals surface area contributed by atoms with E-state index < -0.39 is 0 Å². The predicted octanol–water partition coefficient (Wildman–Crippen LogP) is 19.9. The maximum absolute atomic E-state index is 6.59. The Morgan fingerprint density at radius 2 is 0.945 bits per heavy atom. The number of hydrogen-bond acceptors (Lipinski definition) is 3. The molecule has 91 heavy (non-hydrogen) atoms. The first-order valence-electron chi connectivity index (χ1n) is 33.1. The van der Waals surface area contributed by atoms with Crippen molar-refractivity contribution in [1.82, 2.24) is 8.96 Å². The number of benzene rings is 11. The van der Waals surface area contributed by atoms with Gasteiger partial charge in [-0.05, 0) is 198 Å². The van der Waals surface area contributed by atoms with Crippen molar-refractivity contribution < 1.29 is 4.74 Å². The minimum absolute atomic E-state index is 0.0113. The Balaban J connectivity index is 0.778. The third kappa shape index (κ3) is 8.38. The molecule has 5 nitrogen and oxygen atoms in total. The molecule has 13 aromatic rings. The molecule has 4 aliphatic heterocycles. The van der Waals surface area contributed by atoms with Gasteiger partial charge in [-0.25, -0.2) is 0 Å². The van der Waals surface area contributed by atoms with Crippen molar-refractivity contribution in [2.45, 2.75) is 118 Å². The van der Waals surface area contributed by atoms with Crippen molar-refractivity contribution in [2.75, 3.05) is 9.80 Å². The van der Waals surface area contributed by atoms with Crippen LogP contribution in [0.2, 0.25) is 0 Å². The van der Waals surface area contributed by atoms with E-state index in [1.54, 1.807) is 0 Å². The Labute approximate surface area is 536 Å². The van der Waals surface area contributed by atoms with Gasteiger partial charge in [0.05, 0.1) is 0 Å². The lowest BCUT2D eigenvalue weighted by molar-refractivity contribution is 0.483. The molecule has 0 saturated carbocycles. The number of rotatable bonds is 9. The van der Waals surface area contributed by atoms with E-state index >= 15 is 0 Å². The monoisotopic (exact) mass is 1180 g/mol. The van der Waals surface area contributed by atoms with Gasteiger partial charge in [-0.3, -0.25) is 0 Å². The van der Waals surface area contributed by atoms with E-state index in [9.17, 15) is 0 Å². The summed E-state index contributed by atoms with van der Waals surface area (Å²) in [6, 6.07) is 83.4. The standard InChI is InChI=1S/C84H76B2N4O/c1-50(2)53-31-39-72-65(41-53)68-42-54(51(3)4)43-69-67-45-57(83(8,9)10)47-77-79(67)86(90(72)81(68)69)70-37-32-55(82(5,6)7)46-75(70)88(77)59-34-29-52(30-35-59)49-84(11,12)56-33-40-73-66(44-56)64-27-19-26-63-62-25-20-28-74-78(62)85(89(73)80(63)64)71-38-36-61(91-60-23-17-14-18-24-60)48-76(71)87(74)58-21-15-13-16-22-58/h13-48,50-51H,49H2,1-12H3. The highest BCUT2D eigenvalue weighted by Crippen LogP contribution is 2.51. The number of hydrogen-bond donors (Lipinski definition) is 0. The molecule has 4 aliphatic rings. The maximum Gasteiger partial charge on any atom is 0.333 e. The molecule has 0 saturated heterocycles. The van der Waals surface area contributed by atoms with E-state index in [1.165, 1.54) is 144 Å². The van der Waals surface area contributed by atoms with Crippen molar-refractivity contribution >= 4 is 113 Å². The molecule has 444 valence electrons. The lowest BCUT2D eigenvalue weighted by Crippen LogP contribution is -2.57. The lowest BCUT2D eigenvalue weighted by atomic mass is 9.44. The fourth-order valence-corrected chi connectivity index (χ4v) is 16.1. The van der Waals surface area contributed by atoms with Gasteiger partial charge in [0.2, 0.25) is 0 Å². The van der Waals surface area contributed by atoms with Gasteiger partial charge in [-0.2, -0.15) is 0 Å². The molecule has 17 rings (SSSR count). The van der Waals surface area contributed by atoms with Crippen LogP contribution < -0.4 is 36.4 Å². The van der Waals surface area contributed by atoms with Crippen LogP contribution >= 0.6 is 0 Å². The largest absolute Gasteiger partial charge is 0.457 e. The minimum Gasteiger partial charge on any atom is -0.457 e. The first-order valence-corrected chi connectivity index (χ1v) is 33.1. The van der Waals surface area contributed by atoms with Crippen molar-refractivity contribution in [1.29, 1.82) is 0 Å². The Morgan fingerprint density at radius 1 is 0.374 bits per heavy atom. The molecule has 0 fully saturated rings. The summed E-state index contributed by atoms with van der Waals surface area (Å²) in [6.07, 6.45) is 0.877. The van der Waals surface area contributed by atoms with Crippen LogP contribution in [-0.4, -0.2) is 22.7 Å². The Bertz CT molecular complexity index is 5190. The summed E-state index contributed by atoms with van der Waals surface area (Å²) in [6.45, 7) is 28.3. The summed E-state index contributed by atoms with van der Waals surface area (Å²) in [7, 11) is 0. The highest BCUT2D eigenvalue weighted by atomic mass is 16.5. The smallest absolute Gasteiger partial charge is 0.333 e. The fraction of sp³-hybridized carbons (Fsp3) is 0.214. The Kier molecular flexibility index (Phi) is 12.1. The van der Waals surface area contributed by atoms with Crippen molar-refractivity contribution in [3.8, 4) is 33.8 Å². The molecule has 6 heterocycles. The van der Waals surface area contributed by atoms with Gasteiger partial charge >= 0.3 is 13.7 Å². The van der Waals surface area contributed by atoms with Gasteiger partial charge < -0.3 is 23.5 Å². The molecular weight excluding hydrogens is 1100 g/mol. The van der Waals surface area contributed by atoms with Gasteiger partial charge in [-0.1, -0.05) is 198 Å². The minimum atomic E-state index is -0.198. The fourth-order valence-electron chi connectivity index (χ4n) is 16.1. The molecule has 0 amide bonds. The average molecular weight is 1180 g/mol. The molecule has 2 aromatic heterocycles. The molecule has 0 spiro atoms. The van der Waals surface area contributed by atoms with Crippen LogP contribution in [0.5, 0.6) is 11.5 Å². The van der Waals surface area contributed by atoms with Crippen LogP contribution in [0.15, 0.2) is 218 Å². The third-order valence-corrected chi connectivity index (χ3v) is 20.9. The van der Waals surface area contributed by atoms with Gasteiger partial charge in [0, 0.05) is 94.9 Å². The Morgan fingerprint density at radius 3 is 1.65 bits per heavy atom. The summed E-state index contributed by atoms with van der Waals surface area (Å²) in [5, 5.41) is 5.30. The summed E-state index contributed by atoms with van der Waals surface area (Å²) < 4.78 is 12.0. The summed E-state index contributed by atoms with van der Waals surface area (Å²) in [5.74, 6) is 2.43. The average Bonchev–Trinajstić information content (AvgIpc) is 1.65. The molecule has 0 N–H and O–H groups in total. The van der Waals surface area contributed by atoms with Gasteiger partial charge in [0.25, 0.3) is 0 Å². The zero-order valence-corrected chi connectivity index (χ0v) is 54.5. The molecule has 11 aromatic carbocycles. The van der Waals surface area contributed by atoms with E-state index in [-0.39, 0.29) is 29.9 Å². The van der Waals surface area contributed by atoms with Crippen molar-refractivity contribution in [3.05, 3.63) is 252 Å². The number of nitrogens with zero attached hydrogens (tertiary/aromatic N) is 4. The van der Waals surface area contributed by atoms with Gasteiger partial charge in [0.15, 0.2) is 0 Å². The molecule has 0 unspecified atom stereocenters. The highest BCUT2D eigenvalue weighted by molar-refractivity contribution is 6.91. The van der Waals surface area contributed by atoms with E-state index in [0.717, 1.165) is 29.3 Å². The van der Waals surface area contributed by atoms with E-state index in [4.69, 9.17) is 4.74 Å². The van der Waals surface area contributed by atoms with Gasteiger partial charge in [-0.15, -0.1) is 0 Å². The van der Waals surface area contributed by atoms with E-state index in [1.807, 2.05) is 30.3 Å². The van der Waals surface area contributed by atoms with Crippen LogP contribution in [0.1, 0.15) is 128 Å². The van der Waals surface area contributed by atoms with Gasteiger partial charge in [0.1, 0.15) is 11.5 Å². The quantitative estimate of drug-likeness (QED) is 0.135. The summed E-state index contributed by atoms with van der Waals surface area (Å²) >= 11 is 0. The number of fused-ring (bicyclic) bond motifs is 14. The third-order valence-electron chi connectivity index (χ3n) is 20.9. The maximum atomic E-state index is 6.59. The second kappa shape index (κ2) is 19.8. The van der Waals surface area contributed by atoms with Crippen molar-refractivity contribution in [2.24, 2.45) is 0 Å². The van der Waals surface area contributed by atoms with Crippen molar-refractivity contribution in [3.63, 3.8) is 0 Å². The number of anilines is 6. The van der Waals surface area contributed by atoms with Crippen LogP contribution in [0, 0.1) is 0 Å². The van der Waals surface area contributed by atoms with Crippen LogP contribution in [0.25, 0.3) is 65.9 Å². The highest BCUT2D eigenvalue weighted by Gasteiger charge is 2.46. The molecule has 0 bridgehead atoms. The second-order valence-corrected chi connectivity index (χ2v) is 29.9. The van der Waals surface area contributed by atoms with Crippen LogP contribution in [-0.2, 0) is 22.7 Å². The van der Waals surface area contributed by atoms with Crippen LogP contribution in [0.3, 0.4) is 0 Å². The lowest BCUT2D eigenvalue weighted by Gasteiger charge is -2.42. The SMILES string of the molecule is CC(C)c1ccc2c(c1)c1cc(C(C)C)cc3c1n2B1c2ccc(C(C)(C)C)cc2N(c2ccc(CC(C)(C)c4ccc5c(c4)c4cccc6c4n5B4c5ccc(Oc7ccccc7)cc5N(c5ccccc5)c5cccc-6c54)cc2)c2cc(C(C)(C)C)cc-3c21. The molecule has 0 atom stereocenters. The zero-order chi connectivity index (χ0) is 62.3. The van der Waals surface area contributed by atoms with E-state index in [2.05, 4.69) is 290 Å². The topological polar surface area (TPSA) is 25.6 Å². The number of aromatic nitrogens is 2. The van der Waals surface area contributed by atoms with E-state index in [0.29, 0.717) is 11.8 Å². The normalized spacial score (nSPS) is 13.9. The summed E-state index contributed by atoms with van der Waals surface area (Å²) in [4.78, 5) is 5.07. The molecule has 0 radical (unpaired) electrons. The van der Waals surface area contributed by atoms with Crippen LogP contribution in [0.4, 0.5) is 34.1 Å². The molecule has 7 heteroatoms. The Hall–Kier alpha value is -9.45. The number of para-hydroxylation sites is 3. The summed E-state index contributed by atoms with van der Waals surface area (Å²) in [5.41, 5.74) is 30.7. The second-order valence-electron chi connectivity index (χ2n) is 29.9.